The van der Waals surface area contributed by atoms with E-state index < -0.39 is 0 Å². The number of carbonyl (C=O) groups is 1. The normalized spacial score (nSPS) is 25.2. The summed E-state index contributed by atoms with van der Waals surface area (Å²) in [6, 6.07) is 1.19. The molecule has 150 valence electrons. The standard InChI is InChI=1S/C20H32N4O3/c1-13-7-9-24(10-8-13)20-22-17(12-18(25)23-20)14(2)21-19(26)15-5-4-6-16(11-15)27-3/h12-16H,4-11H2,1-3H3,(H,21,26)(H,22,23,25)/t14-,15+,16+/m0/s1. The highest BCUT2D eigenvalue weighted by Gasteiger charge is 2.28. The topological polar surface area (TPSA) is 87.3 Å². The van der Waals surface area contributed by atoms with Crippen molar-refractivity contribution in [1.29, 1.82) is 0 Å². The Hall–Kier alpha value is -1.89. The first-order valence-electron chi connectivity index (χ1n) is 10.2. The number of amides is 1. The maximum atomic E-state index is 12.7. The summed E-state index contributed by atoms with van der Waals surface area (Å²) in [6.45, 7) is 5.93. The average Bonchev–Trinajstić information content (AvgIpc) is 2.68. The van der Waals surface area contributed by atoms with Crippen LogP contribution in [-0.4, -0.2) is 42.2 Å². The van der Waals surface area contributed by atoms with Gasteiger partial charge in [-0.2, -0.15) is 0 Å². The van der Waals surface area contributed by atoms with Crippen molar-refractivity contribution in [1.82, 2.24) is 15.3 Å². The molecule has 7 heteroatoms. The van der Waals surface area contributed by atoms with Crippen molar-refractivity contribution in [2.45, 2.75) is 64.5 Å². The molecule has 0 spiro atoms. The minimum Gasteiger partial charge on any atom is -0.381 e. The lowest BCUT2D eigenvalue weighted by molar-refractivity contribution is -0.128. The van der Waals surface area contributed by atoms with Gasteiger partial charge in [0.05, 0.1) is 17.8 Å². The first-order valence-corrected chi connectivity index (χ1v) is 10.2. The molecule has 0 bridgehead atoms. The maximum Gasteiger partial charge on any atom is 0.252 e. The van der Waals surface area contributed by atoms with E-state index >= 15 is 0 Å². The largest absolute Gasteiger partial charge is 0.381 e. The predicted octanol–water partition coefficient (Wildman–Crippen LogP) is 2.39. The molecule has 3 rings (SSSR count). The minimum atomic E-state index is -0.301. The highest BCUT2D eigenvalue weighted by molar-refractivity contribution is 5.79. The van der Waals surface area contributed by atoms with Crippen LogP contribution in [0.2, 0.25) is 0 Å². The fraction of sp³-hybridized carbons (Fsp3) is 0.750. The van der Waals surface area contributed by atoms with Crippen molar-refractivity contribution in [3.8, 4) is 0 Å². The van der Waals surface area contributed by atoms with Crippen LogP contribution in [-0.2, 0) is 9.53 Å². The van der Waals surface area contributed by atoms with Crippen molar-refractivity contribution in [3.63, 3.8) is 0 Å². The molecule has 0 radical (unpaired) electrons. The molecule has 1 saturated carbocycles. The van der Waals surface area contributed by atoms with Crippen molar-refractivity contribution in [2.24, 2.45) is 11.8 Å². The van der Waals surface area contributed by atoms with Crippen molar-refractivity contribution in [3.05, 3.63) is 22.1 Å². The zero-order chi connectivity index (χ0) is 19.4. The summed E-state index contributed by atoms with van der Waals surface area (Å²) in [7, 11) is 1.70. The summed E-state index contributed by atoms with van der Waals surface area (Å²) in [5.41, 5.74) is 0.437. The van der Waals surface area contributed by atoms with E-state index in [-0.39, 0.29) is 29.5 Å². The maximum absolute atomic E-state index is 12.7. The summed E-state index contributed by atoms with van der Waals surface area (Å²) < 4.78 is 5.42. The molecule has 1 saturated heterocycles. The van der Waals surface area contributed by atoms with Crippen LogP contribution in [0, 0.1) is 11.8 Å². The number of aromatic amines is 1. The number of H-pyrrole nitrogens is 1. The van der Waals surface area contributed by atoms with E-state index in [9.17, 15) is 9.59 Å². The number of aromatic nitrogens is 2. The van der Waals surface area contributed by atoms with Gasteiger partial charge in [-0.25, -0.2) is 4.98 Å². The molecule has 1 aromatic rings. The van der Waals surface area contributed by atoms with Crippen molar-refractivity contribution >= 4 is 11.9 Å². The van der Waals surface area contributed by atoms with Gasteiger partial charge in [0.2, 0.25) is 11.9 Å². The summed E-state index contributed by atoms with van der Waals surface area (Å²) in [5.74, 6) is 1.32. The number of rotatable bonds is 5. The van der Waals surface area contributed by atoms with Crippen molar-refractivity contribution < 1.29 is 9.53 Å². The average molecular weight is 377 g/mol. The molecule has 3 atom stereocenters. The molecule has 0 aromatic carbocycles. The molecule has 2 aliphatic rings. The monoisotopic (exact) mass is 376 g/mol. The van der Waals surface area contributed by atoms with Crippen LogP contribution in [0.25, 0.3) is 0 Å². The number of hydrogen-bond donors (Lipinski definition) is 2. The van der Waals surface area contributed by atoms with E-state index in [0.29, 0.717) is 17.6 Å². The van der Waals surface area contributed by atoms with Gasteiger partial charge in [0, 0.05) is 32.2 Å². The fourth-order valence-electron chi connectivity index (χ4n) is 4.06. The Morgan fingerprint density at radius 2 is 2.07 bits per heavy atom. The third-order valence-corrected chi connectivity index (χ3v) is 5.96. The van der Waals surface area contributed by atoms with Gasteiger partial charge in [-0.1, -0.05) is 13.3 Å². The Morgan fingerprint density at radius 3 is 2.78 bits per heavy atom. The molecule has 1 aliphatic carbocycles. The SMILES string of the molecule is CO[C@@H]1CCC[C@@H](C(=O)N[C@@H](C)c2cc(=O)[nH]c(N3CCC(C)CC3)n2)C1. The third-order valence-electron chi connectivity index (χ3n) is 5.96. The van der Waals surface area contributed by atoms with Gasteiger partial charge in [0.25, 0.3) is 5.56 Å². The van der Waals surface area contributed by atoms with E-state index in [0.717, 1.165) is 51.6 Å². The number of nitrogens with zero attached hydrogens (tertiary/aromatic N) is 2. The zero-order valence-electron chi connectivity index (χ0n) is 16.7. The van der Waals surface area contributed by atoms with Crippen LogP contribution in [0.5, 0.6) is 0 Å². The van der Waals surface area contributed by atoms with E-state index in [1.54, 1.807) is 7.11 Å². The first-order chi connectivity index (χ1) is 13.0. The summed E-state index contributed by atoms with van der Waals surface area (Å²) >= 11 is 0. The second-order valence-corrected chi connectivity index (χ2v) is 8.11. The Labute approximate surface area is 160 Å². The number of nitrogens with one attached hydrogen (secondary N) is 2. The predicted molar refractivity (Wildman–Crippen MR) is 105 cm³/mol. The van der Waals surface area contributed by atoms with E-state index in [1.165, 1.54) is 6.07 Å². The molecule has 1 aliphatic heterocycles. The molecular formula is C20H32N4O3. The Kier molecular flexibility index (Phi) is 6.52. The highest BCUT2D eigenvalue weighted by atomic mass is 16.5. The van der Waals surface area contributed by atoms with Crippen LogP contribution in [0.1, 0.15) is 64.1 Å². The van der Waals surface area contributed by atoms with Gasteiger partial charge >= 0.3 is 0 Å². The quantitative estimate of drug-likeness (QED) is 0.824. The number of carbonyl (C=O) groups excluding carboxylic acids is 1. The smallest absolute Gasteiger partial charge is 0.252 e. The number of ether oxygens (including phenoxy) is 1. The summed E-state index contributed by atoms with van der Waals surface area (Å²) in [6.07, 6.45) is 6.03. The molecule has 7 nitrogen and oxygen atoms in total. The molecular weight excluding hydrogens is 344 g/mol. The molecule has 1 aromatic heterocycles. The van der Waals surface area contributed by atoms with Gasteiger partial charge in [0.1, 0.15) is 0 Å². The van der Waals surface area contributed by atoms with E-state index in [4.69, 9.17) is 4.74 Å². The number of hydrogen-bond acceptors (Lipinski definition) is 5. The Balaban J connectivity index is 1.66. The molecule has 1 amide bonds. The molecule has 0 unspecified atom stereocenters. The second kappa shape index (κ2) is 8.87. The van der Waals surface area contributed by atoms with Crippen LogP contribution in [0.3, 0.4) is 0 Å². The number of piperidine rings is 1. The lowest BCUT2D eigenvalue weighted by Crippen LogP contribution is -2.38. The molecule has 2 N–H and O–H groups in total. The van der Waals surface area contributed by atoms with E-state index in [1.807, 2.05) is 6.92 Å². The zero-order valence-corrected chi connectivity index (χ0v) is 16.7. The van der Waals surface area contributed by atoms with Gasteiger partial charge in [-0.3, -0.25) is 14.6 Å². The summed E-state index contributed by atoms with van der Waals surface area (Å²) in [4.78, 5) is 34.4. The van der Waals surface area contributed by atoms with E-state index in [2.05, 4.69) is 27.1 Å². The molecule has 2 fully saturated rings. The van der Waals surface area contributed by atoms with Gasteiger partial charge in [-0.15, -0.1) is 0 Å². The Morgan fingerprint density at radius 1 is 1.33 bits per heavy atom. The minimum absolute atomic E-state index is 0.0275. The fourth-order valence-corrected chi connectivity index (χ4v) is 4.06. The number of methoxy groups -OCH3 is 1. The second-order valence-electron chi connectivity index (χ2n) is 8.11. The van der Waals surface area contributed by atoms with Crippen LogP contribution < -0.4 is 15.8 Å². The number of anilines is 1. The summed E-state index contributed by atoms with van der Waals surface area (Å²) in [5, 5.41) is 3.05. The van der Waals surface area contributed by atoms with Gasteiger partial charge in [-0.05, 0) is 44.9 Å². The van der Waals surface area contributed by atoms with Crippen LogP contribution >= 0.6 is 0 Å². The first kappa shape index (κ1) is 19.9. The van der Waals surface area contributed by atoms with Crippen molar-refractivity contribution in [2.75, 3.05) is 25.1 Å². The molecule has 27 heavy (non-hydrogen) atoms. The lowest BCUT2D eigenvalue weighted by Gasteiger charge is -2.31. The lowest BCUT2D eigenvalue weighted by atomic mass is 9.86. The van der Waals surface area contributed by atoms with Crippen LogP contribution in [0.4, 0.5) is 5.95 Å². The molecule has 2 heterocycles. The highest BCUT2D eigenvalue weighted by Crippen LogP contribution is 2.27. The third kappa shape index (κ3) is 5.09. The van der Waals surface area contributed by atoms with Gasteiger partial charge < -0.3 is 15.0 Å². The Bertz CT molecular complexity index is 697. The van der Waals surface area contributed by atoms with Crippen LogP contribution in [0.15, 0.2) is 10.9 Å². The van der Waals surface area contributed by atoms with Gasteiger partial charge in [0.15, 0.2) is 0 Å².